The van der Waals surface area contributed by atoms with E-state index in [4.69, 9.17) is 0 Å². The van der Waals surface area contributed by atoms with E-state index in [9.17, 15) is 4.79 Å². The van der Waals surface area contributed by atoms with E-state index in [1.807, 2.05) is 19.1 Å². The number of aryl methyl sites for hydroxylation is 1. The molecule has 2 heterocycles. The molecule has 0 radical (unpaired) electrons. The van der Waals surface area contributed by atoms with Crippen LogP contribution >= 0.6 is 0 Å². The molecule has 0 aliphatic heterocycles. The standard InChI is InChI=1S/C15H20N4O/c1-10(2)4-13-7-14(18-9-17-13)16-8-12-5-11(3)19-15(20)6-12/h5-7,9-10H,4,8H2,1-3H3,(H,19,20)(H,16,17,18). The van der Waals surface area contributed by atoms with E-state index in [-0.39, 0.29) is 5.56 Å². The second-order valence-corrected chi connectivity index (χ2v) is 5.38. The van der Waals surface area contributed by atoms with Crippen molar-refractivity contribution in [2.24, 2.45) is 5.92 Å². The average molecular weight is 272 g/mol. The van der Waals surface area contributed by atoms with Crippen molar-refractivity contribution in [1.82, 2.24) is 15.0 Å². The lowest BCUT2D eigenvalue weighted by Crippen LogP contribution is -2.10. The molecule has 20 heavy (non-hydrogen) atoms. The van der Waals surface area contributed by atoms with Crippen molar-refractivity contribution in [2.45, 2.75) is 33.7 Å². The molecule has 0 fully saturated rings. The Morgan fingerprint density at radius 1 is 1.25 bits per heavy atom. The maximum Gasteiger partial charge on any atom is 0.248 e. The number of aromatic amines is 1. The fourth-order valence-corrected chi connectivity index (χ4v) is 2.07. The first kappa shape index (κ1) is 14.2. The topological polar surface area (TPSA) is 70.7 Å². The summed E-state index contributed by atoms with van der Waals surface area (Å²) in [6.07, 6.45) is 2.50. The molecule has 2 aromatic rings. The molecule has 0 aliphatic rings. The fourth-order valence-electron chi connectivity index (χ4n) is 2.07. The summed E-state index contributed by atoms with van der Waals surface area (Å²) in [5, 5.41) is 3.23. The Morgan fingerprint density at radius 2 is 2.05 bits per heavy atom. The fraction of sp³-hybridized carbons (Fsp3) is 0.400. The molecule has 0 saturated heterocycles. The Labute approximate surface area is 118 Å². The summed E-state index contributed by atoms with van der Waals surface area (Å²) in [7, 11) is 0. The molecule has 0 spiro atoms. The predicted octanol–water partition coefficient (Wildman–Crippen LogP) is 2.28. The van der Waals surface area contributed by atoms with Crippen LogP contribution in [0.4, 0.5) is 5.82 Å². The first-order chi connectivity index (χ1) is 9.52. The van der Waals surface area contributed by atoms with E-state index in [2.05, 4.69) is 34.1 Å². The van der Waals surface area contributed by atoms with Gasteiger partial charge in [-0.2, -0.15) is 0 Å². The summed E-state index contributed by atoms with van der Waals surface area (Å²) in [5.41, 5.74) is 2.75. The Hall–Kier alpha value is -2.17. The number of aromatic nitrogens is 3. The first-order valence-electron chi connectivity index (χ1n) is 6.77. The number of rotatable bonds is 5. The Bertz CT molecular complexity index is 634. The van der Waals surface area contributed by atoms with E-state index in [1.165, 1.54) is 0 Å². The molecule has 0 saturated carbocycles. The SMILES string of the molecule is Cc1cc(CNc2cc(CC(C)C)ncn2)cc(=O)[nH]1. The largest absolute Gasteiger partial charge is 0.366 e. The molecular formula is C15H20N4O. The Balaban J connectivity index is 2.05. The van der Waals surface area contributed by atoms with E-state index in [1.54, 1.807) is 12.4 Å². The van der Waals surface area contributed by atoms with Crippen LogP contribution in [0.3, 0.4) is 0 Å². The smallest absolute Gasteiger partial charge is 0.248 e. The summed E-state index contributed by atoms with van der Waals surface area (Å²) < 4.78 is 0. The number of hydrogen-bond donors (Lipinski definition) is 2. The van der Waals surface area contributed by atoms with Gasteiger partial charge in [-0.1, -0.05) is 13.8 Å². The number of pyridine rings is 1. The number of H-pyrrole nitrogens is 1. The van der Waals surface area contributed by atoms with Gasteiger partial charge in [-0.3, -0.25) is 4.79 Å². The van der Waals surface area contributed by atoms with Crippen LogP contribution in [0, 0.1) is 12.8 Å². The second-order valence-electron chi connectivity index (χ2n) is 5.38. The Morgan fingerprint density at radius 3 is 2.75 bits per heavy atom. The van der Waals surface area contributed by atoms with Crippen LogP contribution < -0.4 is 10.9 Å². The third-order valence-electron chi connectivity index (χ3n) is 2.85. The maximum atomic E-state index is 11.4. The van der Waals surface area contributed by atoms with Crippen molar-refractivity contribution in [3.05, 3.63) is 51.8 Å². The van der Waals surface area contributed by atoms with Crippen molar-refractivity contribution in [3.63, 3.8) is 0 Å². The van der Waals surface area contributed by atoms with E-state index < -0.39 is 0 Å². The molecule has 106 valence electrons. The zero-order valence-corrected chi connectivity index (χ0v) is 12.1. The highest BCUT2D eigenvalue weighted by Crippen LogP contribution is 2.10. The van der Waals surface area contributed by atoms with Gasteiger partial charge in [0.25, 0.3) is 0 Å². The highest BCUT2D eigenvalue weighted by atomic mass is 16.1. The van der Waals surface area contributed by atoms with Crippen molar-refractivity contribution >= 4 is 5.82 Å². The Kier molecular flexibility index (Phi) is 4.50. The lowest BCUT2D eigenvalue weighted by atomic mass is 10.1. The molecule has 0 unspecified atom stereocenters. The summed E-state index contributed by atoms with van der Waals surface area (Å²) in [6, 6.07) is 5.50. The van der Waals surface area contributed by atoms with Gasteiger partial charge in [0.1, 0.15) is 12.1 Å². The van der Waals surface area contributed by atoms with Crippen LogP contribution in [0.2, 0.25) is 0 Å². The minimum absolute atomic E-state index is 0.0787. The van der Waals surface area contributed by atoms with Crippen molar-refractivity contribution in [2.75, 3.05) is 5.32 Å². The molecule has 0 aliphatic carbocycles. The van der Waals surface area contributed by atoms with Gasteiger partial charge in [0.15, 0.2) is 0 Å². The summed E-state index contributed by atoms with van der Waals surface area (Å²) in [6.45, 7) is 6.77. The van der Waals surface area contributed by atoms with Crippen LogP contribution in [0.1, 0.15) is 30.8 Å². The van der Waals surface area contributed by atoms with Crippen LogP contribution in [-0.4, -0.2) is 15.0 Å². The molecule has 5 heteroatoms. The molecule has 0 bridgehead atoms. The first-order valence-corrected chi connectivity index (χ1v) is 6.77. The molecule has 2 rings (SSSR count). The number of nitrogens with zero attached hydrogens (tertiary/aromatic N) is 2. The zero-order chi connectivity index (χ0) is 14.5. The molecule has 2 aromatic heterocycles. The highest BCUT2D eigenvalue weighted by molar-refractivity contribution is 5.36. The van der Waals surface area contributed by atoms with Crippen molar-refractivity contribution < 1.29 is 0 Å². The number of hydrogen-bond acceptors (Lipinski definition) is 4. The lowest BCUT2D eigenvalue weighted by molar-refractivity contribution is 0.634. The van der Waals surface area contributed by atoms with Gasteiger partial charge in [0.2, 0.25) is 5.56 Å². The predicted molar refractivity (Wildman–Crippen MR) is 79.7 cm³/mol. The van der Waals surface area contributed by atoms with Crippen molar-refractivity contribution in [1.29, 1.82) is 0 Å². The second kappa shape index (κ2) is 6.32. The van der Waals surface area contributed by atoms with Gasteiger partial charge in [-0.15, -0.1) is 0 Å². The van der Waals surface area contributed by atoms with Crippen LogP contribution in [0.25, 0.3) is 0 Å². The third kappa shape index (κ3) is 4.19. The molecular weight excluding hydrogens is 252 g/mol. The third-order valence-corrected chi connectivity index (χ3v) is 2.85. The van der Waals surface area contributed by atoms with Crippen molar-refractivity contribution in [3.8, 4) is 0 Å². The molecule has 5 nitrogen and oxygen atoms in total. The van der Waals surface area contributed by atoms with Gasteiger partial charge in [-0.25, -0.2) is 9.97 Å². The number of nitrogens with one attached hydrogen (secondary N) is 2. The monoisotopic (exact) mass is 272 g/mol. The molecule has 2 N–H and O–H groups in total. The highest BCUT2D eigenvalue weighted by Gasteiger charge is 2.02. The summed E-state index contributed by atoms with van der Waals surface area (Å²) >= 11 is 0. The minimum Gasteiger partial charge on any atom is -0.366 e. The molecule has 0 amide bonds. The lowest BCUT2D eigenvalue weighted by Gasteiger charge is -2.08. The van der Waals surface area contributed by atoms with Crippen LogP contribution in [-0.2, 0) is 13.0 Å². The van der Waals surface area contributed by atoms with Gasteiger partial charge >= 0.3 is 0 Å². The zero-order valence-electron chi connectivity index (χ0n) is 12.1. The van der Waals surface area contributed by atoms with E-state index in [0.29, 0.717) is 12.5 Å². The minimum atomic E-state index is -0.0787. The van der Waals surface area contributed by atoms with E-state index >= 15 is 0 Å². The van der Waals surface area contributed by atoms with Gasteiger partial charge in [-0.05, 0) is 30.9 Å². The van der Waals surface area contributed by atoms with Gasteiger partial charge in [0.05, 0.1) is 0 Å². The quantitative estimate of drug-likeness (QED) is 0.876. The normalized spacial score (nSPS) is 10.8. The van der Waals surface area contributed by atoms with Crippen LogP contribution in [0.15, 0.2) is 29.3 Å². The molecule has 0 atom stereocenters. The van der Waals surface area contributed by atoms with Crippen LogP contribution in [0.5, 0.6) is 0 Å². The maximum absolute atomic E-state index is 11.4. The molecule has 0 aromatic carbocycles. The number of anilines is 1. The van der Waals surface area contributed by atoms with E-state index in [0.717, 1.165) is 29.2 Å². The van der Waals surface area contributed by atoms with Gasteiger partial charge < -0.3 is 10.3 Å². The summed E-state index contributed by atoms with van der Waals surface area (Å²) in [4.78, 5) is 22.6. The van der Waals surface area contributed by atoms with Gasteiger partial charge in [0, 0.05) is 30.1 Å². The average Bonchev–Trinajstić information content (AvgIpc) is 2.35. The summed E-state index contributed by atoms with van der Waals surface area (Å²) in [5.74, 6) is 1.35.